The zero-order valence-electron chi connectivity index (χ0n) is 17.5. The Bertz CT molecular complexity index is 756. The third-order valence-electron chi connectivity index (χ3n) is 6.25. The predicted octanol–water partition coefficient (Wildman–Crippen LogP) is 5.40. The summed E-state index contributed by atoms with van der Waals surface area (Å²) in [5.74, 6) is 0. The topological polar surface area (TPSA) is 6.48 Å². The number of hydrogen-bond acceptors (Lipinski definition) is 2. The Morgan fingerprint density at radius 3 is 1.41 bits per heavy atom. The third-order valence-corrected chi connectivity index (χ3v) is 6.25. The standard InChI is InChI=1S/C27H32N2/c1-2-3-19-28-20-22-29(23-21-28)27(24-13-7-4-8-14-24,25-15-9-5-10-16-25)26-17-11-6-12-18-26/h4-18H,2-3,19-23H2,1H3. The SMILES string of the molecule is CCCCN1CCN(C(c2ccccc2)(c2ccccc2)c2ccccc2)CC1. The molecular weight excluding hydrogens is 352 g/mol. The van der Waals surface area contributed by atoms with Gasteiger partial charge in [-0.15, -0.1) is 0 Å². The normalized spacial score (nSPS) is 16.0. The van der Waals surface area contributed by atoms with Crippen molar-refractivity contribution in [2.24, 2.45) is 0 Å². The van der Waals surface area contributed by atoms with Crippen molar-refractivity contribution in [3.8, 4) is 0 Å². The molecule has 0 bridgehead atoms. The van der Waals surface area contributed by atoms with Crippen molar-refractivity contribution >= 4 is 0 Å². The maximum absolute atomic E-state index is 2.70. The molecule has 0 atom stereocenters. The second-order valence-electron chi connectivity index (χ2n) is 7.99. The zero-order valence-corrected chi connectivity index (χ0v) is 17.5. The van der Waals surface area contributed by atoms with Gasteiger partial charge in [0.05, 0.1) is 5.54 Å². The minimum atomic E-state index is -0.263. The molecule has 0 aliphatic carbocycles. The van der Waals surface area contributed by atoms with Crippen molar-refractivity contribution in [3.05, 3.63) is 108 Å². The number of rotatable bonds is 7. The minimum absolute atomic E-state index is 0.263. The summed E-state index contributed by atoms with van der Waals surface area (Å²) in [5, 5.41) is 0. The van der Waals surface area contributed by atoms with Gasteiger partial charge in [-0.25, -0.2) is 0 Å². The quantitative estimate of drug-likeness (QED) is 0.504. The highest BCUT2D eigenvalue weighted by Gasteiger charge is 2.42. The molecule has 2 heteroatoms. The molecule has 2 nitrogen and oxygen atoms in total. The highest BCUT2D eigenvalue weighted by molar-refractivity contribution is 5.49. The van der Waals surface area contributed by atoms with Gasteiger partial charge in [0.25, 0.3) is 0 Å². The molecule has 1 heterocycles. The average molecular weight is 385 g/mol. The van der Waals surface area contributed by atoms with Crippen molar-refractivity contribution in [1.29, 1.82) is 0 Å². The van der Waals surface area contributed by atoms with Crippen LogP contribution >= 0.6 is 0 Å². The van der Waals surface area contributed by atoms with Crippen LogP contribution in [0.1, 0.15) is 36.5 Å². The van der Waals surface area contributed by atoms with Gasteiger partial charge in [-0.2, -0.15) is 0 Å². The van der Waals surface area contributed by atoms with Crippen molar-refractivity contribution in [2.75, 3.05) is 32.7 Å². The van der Waals surface area contributed by atoms with E-state index in [-0.39, 0.29) is 5.54 Å². The molecule has 4 rings (SSSR count). The van der Waals surface area contributed by atoms with Crippen LogP contribution in [0.5, 0.6) is 0 Å². The Morgan fingerprint density at radius 2 is 1.03 bits per heavy atom. The van der Waals surface area contributed by atoms with Crippen LogP contribution in [0.25, 0.3) is 0 Å². The Kier molecular flexibility index (Phi) is 6.43. The van der Waals surface area contributed by atoms with Gasteiger partial charge in [0.15, 0.2) is 0 Å². The maximum Gasteiger partial charge on any atom is 0.0973 e. The van der Waals surface area contributed by atoms with E-state index in [4.69, 9.17) is 0 Å². The second kappa shape index (κ2) is 9.39. The molecule has 0 unspecified atom stereocenters. The fourth-order valence-corrected chi connectivity index (χ4v) is 4.77. The lowest BCUT2D eigenvalue weighted by molar-refractivity contribution is 0.0724. The molecule has 0 aromatic heterocycles. The summed E-state index contributed by atoms with van der Waals surface area (Å²) in [6, 6.07) is 33.2. The summed E-state index contributed by atoms with van der Waals surface area (Å²) >= 11 is 0. The summed E-state index contributed by atoms with van der Waals surface area (Å²) in [7, 11) is 0. The van der Waals surface area contributed by atoms with Gasteiger partial charge in [-0.05, 0) is 29.7 Å². The molecule has 3 aromatic carbocycles. The Labute approximate surface area is 175 Å². The van der Waals surface area contributed by atoms with E-state index in [1.54, 1.807) is 0 Å². The summed E-state index contributed by atoms with van der Waals surface area (Å²) in [6.45, 7) is 7.91. The molecule has 0 spiro atoms. The lowest BCUT2D eigenvalue weighted by atomic mass is 9.75. The van der Waals surface area contributed by atoms with Crippen LogP contribution in [0.2, 0.25) is 0 Å². The van der Waals surface area contributed by atoms with Crippen molar-refractivity contribution in [3.63, 3.8) is 0 Å². The van der Waals surface area contributed by atoms with Crippen LogP contribution in [0.15, 0.2) is 91.0 Å². The van der Waals surface area contributed by atoms with E-state index in [0.717, 1.165) is 26.2 Å². The maximum atomic E-state index is 2.70. The van der Waals surface area contributed by atoms with E-state index in [1.165, 1.54) is 36.1 Å². The predicted molar refractivity (Wildman–Crippen MR) is 122 cm³/mol. The van der Waals surface area contributed by atoms with E-state index in [2.05, 4.69) is 108 Å². The third kappa shape index (κ3) is 4.01. The highest BCUT2D eigenvalue weighted by atomic mass is 15.3. The van der Waals surface area contributed by atoms with Gasteiger partial charge in [-0.3, -0.25) is 4.90 Å². The Morgan fingerprint density at radius 1 is 0.621 bits per heavy atom. The van der Waals surface area contributed by atoms with Gasteiger partial charge in [0.1, 0.15) is 0 Å². The molecular formula is C27H32N2. The minimum Gasteiger partial charge on any atom is -0.301 e. The lowest BCUT2D eigenvalue weighted by Crippen LogP contribution is -2.56. The number of nitrogens with zero attached hydrogens (tertiary/aromatic N) is 2. The van der Waals surface area contributed by atoms with Crippen LogP contribution in [0, 0.1) is 0 Å². The molecule has 0 amide bonds. The van der Waals surface area contributed by atoms with Crippen LogP contribution in [0.4, 0.5) is 0 Å². The van der Waals surface area contributed by atoms with Gasteiger partial charge in [0, 0.05) is 26.2 Å². The average Bonchev–Trinajstić information content (AvgIpc) is 2.81. The fraction of sp³-hybridized carbons (Fsp3) is 0.333. The summed E-state index contributed by atoms with van der Waals surface area (Å²) in [4.78, 5) is 5.33. The zero-order chi connectivity index (χ0) is 19.9. The van der Waals surface area contributed by atoms with Gasteiger partial charge < -0.3 is 4.90 Å². The van der Waals surface area contributed by atoms with Crippen LogP contribution < -0.4 is 0 Å². The first kappa shape index (κ1) is 19.9. The monoisotopic (exact) mass is 384 g/mol. The first-order valence-electron chi connectivity index (χ1n) is 11.0. The largest absolute Gasteiger partial charge is 0.301 e. The summed E-state index contributed by atoms with van der Waals surface area (Å²) in [5.41, 5.74) is 3.78. The van der Waals surface area contributed by atoms with Crippen LogP contribution in [-0.4, -0.2) is 42.5 Å². The lowest BCUT2D eigenvalue weighted by Gasteiger charge is -2.49. The van der Waals surface area contributed by atoms with Gasteiger partial charge in [-0.1, -0.05) is 104 Å². The molecule has 3 aromatic rings. The molecule has 0 N–H and O–H groups in total. The molecule has 1 aliphatic rings. The molecule has 1 saturated heterocycles. The molecule has 150 valence electrons. The number of piperazine rings is 1. The van der Waals surface area contributed by atoms with Crippen molar-refractivity contribution in [1.82, 2.24) is 9.80 Å². The summed E-state index contributed by atoms with van der Waals surface area (Å²) < 4.78 is 0. The highest BCUT2D eigenvalue weighted by Crippen LogP contribution is 2.42. The first-order valence-corrected chi connectivity index (χ1v) is 11.0. The number of benzene rings is 3. The van der Waals surface area contributed by atoms with E-state index in [1.807, 2.05) is 0 Å². The van der Waals surface area contributed by atoms with Crippen molar-refractivity contribution < 1.29 is 0 Å². The van der Waals surface area contributed by atoms with Gasteiger partial charge >= 0.3 is 0 Å². The van der Waals surface area contributed by atoms with Crippen LogP contribution in [0.3, 0.4) is 0 Å². The smallest absolute Gasteiger partial charge is 0.0973 e. The summed E-state index contributed by atoms with van der Waals surface area (Å²) in [6.07, 6.45) is 2.56. The fourth-order valence-electron chi connectivity index (χ4n) is 4.77. The molecule has 29 heavy (non-hydrogen) atoms. The van der Waals surface area contributed by atoms with Crippen molar-refractivity contribution in [2.45, 2.75) is 25.3 Å². The van der Waals surface area contributed by atoms with E-state index in [9.17, 15) is 0 Å². The molecule has 0 radical (unpaired) electrons. The molecule has 0 saturated carbocycles. The van der Waals surface area contributed by atoms with E-state index >= 15 is 0 Å². The van der Waals surface area contributed by atoms with Gasteiger partial charge in [0.2, 0.25) is 0 Å². The molecule has 1 aliphatic heterocycles. The first-order chi connectivity index (χ1) is 14.4. The second-order valence-corrected chi connectivity index (χ2v) is 7.99. The Hall–Kier alpha value is -2.42. The molecule has 1 fully saturated rings. The van der Waals surface area contributed by atoms with Crippen LogP contribution in [-0.2, 0) is 5.54 Å². The van der Waals surface area contributed by atoms with E-state index < -0.39 is 0 Å². The number of unbranched alkanes of at least 4 members (excludes halogenated alkanes) is 1. The Balaban J connectivity index is 1.81. The van der Waals surface area contributed by atoms with E-state index in [0.29, 0.717) is 0 Å². The number of hydrogen-bond donors (Lipinski definition) is 0.